The van der Waals surface area contributed by atoms with Gasteiger partial charge in [-0.3, -0.25) is 0 Å². The minimum absolute atomic E-state index is 0.572. The van der Waals surface area contributed by atoms with E-state index >= 15 is 0 Å². The molecule has 6 aromatic carbocycles. The molecule has 43 heavy (non-hydrogen) atoms. The molecular formula is C38H19N3O2. The Bertz CT molecular complexity index is 2650. The molecule has 0 aliphatic rings. The lowest BCUT2D eigenvalue weighted by Gasteiger charge is -2.16. The molecule has 198 valence electrons. The normalized spacial score (nSPS) is 11.7. The Kier molecular flexibility index (Phi) is 4.68. The summed E-state index contributed by atoms with van der Waals surface area (Å²) in [7, 11) is 0. The van der Waals surface area contributed by atoms with E-state index in [4.69, 9.17) is 22.0 Å². The third kappa shape index (κ3) is 3.19. The number of hydrogen-bond donors (Lipinski definition) is 0. The van der Waals surface area contributed by atoms with Crippen LogP contribution in [0, 0.1) is 13.1 Å². The van der Waals surface area contributed by atoms with Crippen LogP contribution in [0.25, 0.3) is 92.2 Å². The van der Waals surface area contributed by atoms with Crippen LogP contribution in [0.2, 0.25) is 0 Å². The van der Waals surface area contributed by atoms with Gasteiger partial charge in [0.2, 0.25) is 0 Å². The first-order valence-electron chi connectivity index (χ1n) is 13.9. The second-order valence-corrected chi connectivity index (χ2v) is 10.7. The molecule has 0 aliphatic carbocycles. The summed E-state index contributed by atoms with van der Waals surface area (Å²) < 4.78 is 14.9. The molecule has 0 fully saturated rings. The van der Waals surface area contributed by atoms with Crippen molar-refractivity contribution >= 4 is 77.1 Å². The third-order valence-electron chi connectivity index (χ3n) is 8.43. The lowest BCUT2D eigenvalue weighted by Crippen LogP contribution is -1.97. The third-order valence-corrected chi connectivity index (χ3v) is 8.43. The van der Waals surface area contributed by atoms with Crippen molar-refractivity contribution < 1.29 is 8.83 Å². The van der Waals surface area contributed by atoms with E-state index in [-0.39, 0.29) is 0 Å². The molecule has 0 unspecified atom stereocenters. The molecule has 3 aromatic heterocycles. The van der Waals surface area contributed by atoms with Gasteiger partial charge in [-0.2, -0.15) is 0 Å². The highest BCUT2D eigenvalue weighted by atomic mass is 16.3. The van der Waals surface area contributed by atoms with Gasteiger partial charge in [-0.25, -0.2) is 9.69 Å². The monoisotopic (exact) mass is 549 g/mol. The summed E-state index contributed by atoms with van der Waals surface area (Å²) >= 11 is 0. The van der Waals surface area contributed by atoms with E-state index in [2.05, 4.69) is 74.9 Å². The number of fused-ring (bicyclic) bond motifs is 10. The highest BCUT2D eigenvalue weighted by molar-refractivity contribution is 6.22. The molecule has 0 saturated heterocycles. The molecule has 5 nitrogen and oxygen atoms in total. The average molecular weight is 550 g/mol. The number of aromatic nitrogens is 1. The van der Waals surface area contributed by atoms with Gasteiger partial charge in [0.15, 0.2) is 11.4 Å². The van der Waals surface area contributed by atoms with Crippen LogP contribution in [0.3, 0.4) is 0 Å². The van der Waals surface area contributed by atoms with Crippen molar-refractivity contribution in [1.82, 2.24) is 4.57 Å². The van der Waals surface area contributed by atoms with Crippen LogP contribution in [0.4, 0.5) is 11.4 Å². The minimum Gasteiger partial charge on any atom is -0.456 e. The van der Waals surface area contributed by atoms with Gasteiger partial charge in [-0.05, 0) is 60.2 Å². The van der Waals surface area contributed by atoms with Gasteiger partial charge in [-0.1, -0.05) is 60.7 Å². The molecule has 0 atom stereocenters. The van der Waals surface area contributed by atoms with Gasteiger partial charge in [-0.15, -0.1) is 0 Å². The van der Waals surface area contributed by atoms with Crippen molar-refractivity contribution in [3.05, 3.63) is 138 Å². The Hall–Kier alpha value is -6.30. The standard InChI is InChI=1S/C38H19N3O2/c1-39-23-15-18-33-27(21-23)26-16-19-35-37(38(26)43-33)28-20-22(14-17-34(28)42-35)36-29(40-2)10-7-13-32(36)41-30-11-5-3-8-24(30)25-9-4-6-12-31(25)41/h3-21H. The highest BCUT2D eigenvalue weighted by Gasteiger charge is 2.21. The SMILES string of the molecule is [C-]#[N+]c1ccc2oc3c(ccc4oc5ccc(-c6c([N+]#[C-])cccc6-n6c7ccccc7c7ccccc76)cc5c43)c2c1. The van der Waals surface area contributed by atoms with Gasteiger partial charge >= 0.3 is 0 Å². The van der Waals surface area contributed by atoms with Crippen molar-refractivity contribution in [2.24, 2.45) is 0 Å². The average Bonchev–Trinajstić information content (AvgIpc) is 3.73. The Balaban J connectivity index is 1.37. The zero-order valence-corrected chi connectivity index (χ0v) is 22.6. The number of benzene rings is 6. The molecule has 9 aromatic rings. The molecule has 0 saturated carbocycles. The van der Waals surface area contributed by atoms with Gasteiger partial charge < -0.3 is 13.4 Å². The lowest BCUT2D eigenvalue weighted by atomic mass is 9.98. The zero-order chi connectivity index (χ0) is 28.7. The van der Waals surface area contributed by atoms with E-state index in [9.17, 15) is 0 Å². The Labute approximate surface area is 245 Å². The first kappa shape index (κ1) is 23.4. The first-order valence-corrected chi connectivity index (χ1v) is 13.9. The van der Waals surface area contributed by atoms with Gasteiger partial charge in [0.25, 0.3) is 0 Å². The number of furan rings is 2. The number of para-hydroxylation sites is 2. The summed E-state index contributed by atoms with van der Waals surface area (Å²) in [5.74, 6) is 0. The second-order valence-electron chi connectivity index (χ2n) is 10.7. The lowest BCUT2D eigenvalue weighted by molar-refractivity contribution is 0.663. The fraction of sp³-hybridized carbons (Fsp3) is 0. The molecule has 0 spiro atoms. The van der Waals surface area contributed by atoms with Crippen LogP contribution in [0.1, 0.15) is 0 Å². The van der Waals surface area contributed by atoms with E-state index < -0.39 is 0 Å². The van der Waals surface area contributed by atoms with Crippen LogP contribution in [-0.2, 0) is 0 Å². The van der Waals surface area contributed by atoms with Gasteiger partial charge in [0, 0.05) is 38.2 Å². The first-order chi connectivity index (χ1) is 21.2. The predicted octanol–water partition coefficient (Wildman–Crippen LogP) is 11.4. The quantitative estimate of drug-likeness (QED) is 0.201. The van der Waals surface area contributed by atoms with Crippen molar-refractivity contribution in [2.75, 3.05) is 0 Å². The molecule has 3 heterocycles. The number of nitrogens with zero attached hydrogens (tertiary/aromatic N) is 3. The summed E-state index contributed by atoms with van der Waals surface area (Å²) in [5, 5.41) is 5.98. The van der Waals surface area contributed by atoms with E-state index in [0.29, 0.717) is 11.4 Å². The summed E-state index contributed by atoms with van der Waals surface area (Å²) in [4.78, 5) is 7.57. The molecule has 0 amide bonds. The summed E-state index contributed by atoms with van der Waals surface area (Å²) in [6.45, 7) is 15.6. The molecular weight excluding hydrogens is 530 g/mol. The largest absolute Gasteiger partial charge is 0.456 e. The molecule has 0 N–H and O–H groups in total. The Morgan fingerprint density at radius 1 is 0.535 bits per heavy atom. The van der Waals surface area contributed by atoms with Crippen LogP contribution < -0.4 is 0 Å². The molecule has 0 radical (unpaired) electrons. The number of rotatable bonds is 2. The van der Waals surface area contributed by atoms with Gasteiger partial charge in [0.05, 0.1) is 29.6 Å². The van der Waals surface area contributed by atoms with Crippen molar-refractivity contribution in [2.45, 2.75) is 0 Å². The van der Waals surface area contributed by atoms with E-state index in [1.54, 1.807) is 6.07 Å². The predicted molar refractivity (Wildman–Crippen MR) is 173 cm³/mol. The van der Waals surface area contributed by atoms with Gasteiger partial charge in [0.1, 0.15) is 22.3 Å². The molecule has 0 aliphatic heterocycles. The van der Waals surface area contributed by atoms with Crippen LogP contribution in [0.15, 0.2) is 124 Å². The van der Waals surface area contributed by atoms with Crippen molar-refractivity contribution in [3.8, 4) is 16.8 Å². The van der Waals surface area contributed by atoms with Crippen LogP contribution in [0.5, 0.6) is 0 Å². The van der Waals surface area contributed by atoms with Crippen molar-refractivity contribution in [1.29, 1.82) is 0 Å². The maximum atomic E-state index is 8.11. The Morgan fingerprint density at radius 2 is 1.26 bits per heavy atom. The highest BCUT2D eigenvalue weighted by Crippen LogP contribution is 2.44. The maximum Gasteiger partial charge on any atom is 0.196 e. The summed E-state index contributed by atoms with van der Waals surface area (Å²) in [6.07, 6.45) is 0. The minimum atomic E-state index is 0.572. The van der Waals surface area contributed by atoms with Crippen LogP contribution >= 0.6 is 0 Å². The smallest absolute Gasteiger partial charge is 0.196 e. The second kappa shape index (κ2) is 8.60. The molecule has 9 rings (SSSR count). The fourth-order valence-corrected chi connectivity index (χ4v) is 6.59. The van der Waals surface area contributed by atoms with E-state index in [0.717, 1.165) is 71.7 Å². The molecule has 0 bridgehead atoms. The molecule has 5 heteroatoms. The zero-order valence-electron chi connectivity index (χ0n) is 22.6. The van der Waals surface area contributed by atoms with E-state index in [1.807, 2.05) is 48.5 Å². The fourth-order valence-electron chi connectivity index (χ4n) is 6.59. The number of hydrogen-bond acceptors (Lipinski definition) is 2. The van der Waals surface area contributed by atoms with E-state index in [1.165, 1.54) is 10.8 Å². The summed E-state index contributed by atoms with van der Waals surface area (Å²) in [5.41, 5.74) is 8.97. The van der Waals surface area contributed by atoms with Crippen LogP contribution in [-0.4, -0.2) is 4.57 Å². The topological polar surface area (TPSA) is 39.9 Å². The maximum absolute atomic E-state index is 8.11. The summed E-state index contributed by atoms with van der Waals surface area (Å²) in [6, 6.07) is 38.3. The Morgan fingerprint density at radius 3 is 2.02 bits per heavy atom. The van der Waals surface area contributed by atoms with Crippen molar-refractivity contribution in [3.63, 3.8) is 0 Å².